The molecule has 1 spiro atoms. The first-order chi connectivity index (χ1) is 6.70. The van der Waals surface area contributed by atoms with Crippen molar-refractivity contribution in [1.29, 1.82) is 0 Å². The molecule has 0 unspecified atom stereocenters. The Balaban J connectivity index is 1.96. The number of nitrogens with one attached hydrogen (secondary N) is 2. The number of hydrogen-bond donors (Lipinski definition) is 3. The van der Waals surface area contributed by atoms with E-state index < -0.39 is 11.4 Å². The number of rotatable bonds is 1. The maximum atomic E-state index is 11.3. The summed E-state index contributed by atoms with van der Waals surface area (Å²) >= 11 is 0. The van der Waals surface area contributed by atoms with E-state index in [0.29, 0.717) is 13.2 Å². The molecule has 3 aliphatic heterocycles. The number of carboxylic acid groups (broad SMARTS) is 1. The molecule has 3 rings (SSSR count). The van der Waals surface area contributed by atoms with Gasteiger partial charge in [-0.1, -0.05) is 0 Å². The average Bonchev–Trinajstić information content (AvgIpc) is 2.55. The van der Waals surface area contributed by atoms with E-state index in [1.807, 2.05) is 0 Å². The summed E-state index contributed by atoms with van der Waals surface area (Å²) in [6, 6.07) is 0. The smallest absolute Gasteiger partial charge is 0.313 e. The van der Waals surface area contributed by atoms with Gasteiger partial charge in [-0.15, -0.1) is 0 Å². The summed E-state index contributed by atoms with van der Waals surface area (Å²) in [4.78, 5) is 11.3. The molecule has 14 heavy (non-hydrogen) atoms. The van der Waals surface area contributed by atoms with Crippen LogP contribution in [0.25, 0.3) is 0 Å². The van der Waals surface area contributed by atoms with Crippen LogP contribution in [0.3, 0.4) is 0 Å². The van der Waals surface area contributed by atoms with Gasteiger partial charge in [0.15, 0.2) is 0 Å². The van der Waals surface area contributed by atoms with Crippen LogP contribution < -0.4 is 10.6 Å². The maximum absolute atomic E-state index is 11.3. The normalized spacial score (nSPS) is 43.6. The molecule has 3 saturated heterocycles. The van der Waals surface area contributed by atoms with Crippen molar-refractivity contribution in [2.45, 2.75) is 5.60 Å². The lowest BCUT2D eigenvalue weighted by atomic mass is 9.70. The topological polar surface area (TPSA) is 70.6 Å². The van der Waals surface area contributed by atoms with Gasteiger partial charge in [0.25, 0.3) is 0 Å². The lowest BCUT2D eigenvalue weighted by Gasteiger charge is -2.43. The molecule has 5 heteroatoms. The molecule has 78 valence electrons. The third kappa shape index (κ3) is 0.785. The van der Waals surface area contributed by atoms with Crippen LogP contribution in [-0.2, 0) is 9.53 Å². The molecule has 3 fully saturated rings. The first-order valence-corrected chi connectivity index (χ1v) is 4.98. The summed E-state index contributed by atoms with van der Waals surface area (Å²) in [6.45, 7) is 3.28. The monoisotopic (exact) mass is 198 g/mol. The molecule has 0 saturated carbocycles. The fourth-order valence-corrected chi connectivity index (χ4v) is 2.98. The van der Waals surface area contributed by atoms with E-state index in [4.69, 9.17) is 4.74 Å². The zero-order valence-corrected chi connectivity index (χ0v) is 7.88. The minimum Gasteiger partial charge on any atom is -0.481 e. The molecular formula is C9H14N2O3. The van der Waals surface area contributed by atoms with E-state index in [9.17, 15) is 9.90 Å². The third-order valence-electron chi connectivity index (χ3n) is 3.98. The fourth-order valence-electron chi connectivity index (χ4n) is 2.98. The summed E-state index contributed by atoms with van der Waals surface area (Å²) in [5, 5.41) is 15.6. The number of hydrogen-bond acceptors (Lipinski definition) is 4. The molecule has 0 aromatic rings. The molecule has 2 atom stereocenters. The number of fused-ring (bicyclic) bond motifs is 2. The van der Waals surface area contributed by atoms with E-state index >= 15 is 0 Å². The molecule has 0 aliphatic carbocycles. The van der Waals surface area contributed by atoms with Crippen LogP contribution in [0, 0.1) is 11.3 Å². The lowest BCUT2D eigenvalue weighted by Crippen LogP contribution is -2.64. The first-order valence-electron chi connectivity index (χ1n) is 4.98. The van der Waals surface area contributed by atoms with Gasteiger partial charge in [0, 0.05) is 32.1 Å². The van der Waals surface area contributed by atoms with Crippen LogP contribution in [-0.4, -0.2) is 49.5 Å². The van der Waals surface area contributed by atoms with Gasteiger partial charge in [0.2, 0.25) is 0 Å². The summed E-state index contributed by atoms with van der Waals surface area (Å²) < 4.78 is 5.72. The van der Waals surface area contributed by atoms with E-state index in [1.54, 1.807) is 0 Å². The molecule has 3 N–H and O–H groups in total. The van der Waals surface area contributed by atoms with E-state index in [2.05, 4.69) is 10.6 Å². The highest BCUT2D eigenvalue weighted by atomic mass is 16.5. The molecule has 0 amide bonds. The minimum atomic E-state index is -0.712. The van der Waals surface area contributed by atoms with Gasteiger partial charge in [-0.25, -0.2) is 0 Å². The molecule has 0 aromatic heterocycles. The average molecular weight is 198 g/mol. The Hall–Kier alpha value is -0.650. The van der Waals surface area contributed by atoms with Crippen LogP contribution in [0.15, 0.2) is 0 Å². The largest absolute Gasteiger partial charge is 0.481 e. The van der Waals surface area contributed by atoms with Gasteiger partial charge < -0.3 is 20.5 Å². The van der Waals surface area contributed by atoms with Crippen molar-refractivity contribution in [3.05, 3.63) is 0 Å². The van der Waals surface area contributed by atoms with Crippen molar-refractivity contribution >= 4 is 5.97 Å². The van der Waals surface area contributed by atoms with Crippen LogP contribution in [0.1, 0.15) is 0 Å². The predicted octanol–water partition coefficient (Wildman–Crippen LogP) is -1.35. The van der Waals surface area contributed by atoms with Gasteiger partial charge >= 0.3 is 5.97 Å². The van der Waals surface area contributed by atoms with Crippen LogP contribution in [0.2, 0.25) is 0 Å². The highest BCUT2D eigenvalue weighted by Crippen LogP contribution is 2.49. The quantitative estimate of drug-likeness (QED) is 0.486. The number of aliphatic carboxylic acids is 1. The Kier molecular flexibility index (Phi) is 1.53. The van der Waals surface area contributed by atoms with Gasteiger partial charge in [-0.05, 0) is 0 Å². The van der Waals surface area contributed by atoms with Crippen molar-refractivity contribution in [2.75, 3.05) is 32.8 Å². The molecule has 0 radical (unpaired) electrons. The Morgan fingerprint density at radius 1 is 1.36 bits per heavy atom. The standard InChI is InChI=1S/C9H14N2O3/c12-7(13)8-2-10-1-6(8)9(14-5-8)3-11-4-9/h6,10-11H,1-5H2,(H,12,13)/t6-,8+/m1/s1. The molecular weight excluding hydrogens is 184 g/mol. The molecule has 5 nitrogen and oxygen atoms in total. The molecule has 0 bridgehead atoms. The fraction of sp³-hybridized carbons (Fsp3) is 0.889. The highest BCUT2D eigenvalue weighted by Gasteiger charge is 2.66. The number of carbonyl (C=O) groups is 1. The summed E-state index contributed by atoms with van der Waals surface area (Å²) in [5.74, 6) is -0.579. The van der Waals surface area contributed by atoms with E-state index in [-0.39, 0.29) is 11.5 Å². The Morgan fingerprint density at radius 3 is 2.71 bits per heavy atom. The molecule has 0 aromatic carbocycles. The second-order valence-electron chi connectivity index (χ2n) is 4.60. The number of ether oxygens (including phenoxy) is 1. The summed E-state index contributed by atoms with van der Waals surface area (Å²) in [6.07, 6.45) is 0. The Bertz CT molecular complexity index is 290. The Morgan fingerprint density at radius 2 is 2.14 bits per heavy atom. The van der Waals surface area contributed by atoms with Crippen molar-refractivity contribution in [3.63, 3.8) is 0 Å². The zero-order valence-electron chi connectivity index (χ0n) is 7.88. The van der Waals surface area contributed by atoms with Gasteiger partial charge in [-0.3, -0.25) is 4.79 Å². The molecule has 3 heterocycles. The summed E-state index contributed by atoms with van der Waals surface area (Å²) in [5.41, 5.74) is -0.857. The van der Waals surface area contributed by atoms with Crippen LogP contribution >= 0.6 is 0 Å². The van der Waals surface area contributed by atoms with E-state index in [0.717, 1.165) is 19.6 Å². The summed E-state index contributed by atoms with van der Waals surface area (Å²) in [7, 11) is 0. The van der Waals surface area contributed by atoms with Gasteiger partial charge in [0.05, 0.1) is 12.2 Å². The van der Waals surface area contributed by atoms with Crippen molar-refractivity contribution in [3.8, 4) is 0 Å². The second kappa shape index (κ2) is 2.48. The first kappa shape index (κ1) is 8.64. The zero-order chi connectivity index (χ0) is 9.81. The van der Waals surface area contributed by atoms with Crippen LogP contribution in [0.4, 0.5) is 0 Å². The van der Waals surface area contributed by atoms with Crippen molar-refractivity contribution in [1.82, 2.24) is 10.6 Å². The van der Waals surface area contributed by atoms with Crippen molar-refractivity contribution < 1.29 is 14.6 Å². The number of carboxylic acids is 1. The lowest BCUT2D eigenvalue weighted by molar-refractivity contribution is -0.149. The van der Waals surface area contributed by atoms with Crippen LogP contribution in [0.5, 0.6) is 0 Å². The second-order valence-corrected chi connectivity index (χ2v) is 4.60. The third-order valence-corrected chi connectivity index (χ3v) is 3.98. The van der Waals surface area contributed by atoms with Crippen molar-refractivity contribution in [2.24, 2.45) is 11.3 Å². The SMILES string of the molecule is O=C(O)[C@]12CNC[C@H]1C1(CNC1)OC2. The molecule has 3 aliphatic rings. The Labute approximate surface area is 81.8 Å². The van der Waals surface area contributed by atoms with Gasteiger partial charge in [-0.2, -0.15) is 0 Å². The maximum Gasteiger partial charge on any atom is 0.313 e. The van der Waals surface area contributed by atoms with E-state index in [1.165, 1.54) is 0 Å². The minimum absolute atomic E-state index is 0.133. The highest BCUT2D eigenvalue weighted by molar-refractivity contribution is 5.77. The predicted molar refractivity (Wildman–Crippen MR) is 48.0 cm³/mol. The van der Waals surface area contributed by atoms with Gasteiger partial charge in [0.1, 0.15) is 5.41 Å².